The number of amides is 1. The zero-order valence-corrected chi connectivity index (χ0v) is 15.3. The van der Waals surface area contributed by atoms with Gasteiger partial charge in [-0.05, 0) is 57.5 Å². The van der Waals surface area contributed by atoms with E-state index < -0.39 is 0 Å². The van der Waals surface area contributed by atoms with Crippen molar-refractivity contribution in [1.82, 2.24) is 20.4 Å². The number of hydrogen-bond donors (Lipinski definition) is 2. The van der Waals surface area contributed by atoms with Crippen molar-refractivity contribution in [2.45, 2.75) is 39.2 Å². The lowest BCUT2D eigenvalue weighted by atomic mass is 10.1. The molecule has 0 radical (unpaired) electrons. The number of benzene rings is 1. The summed E-state index contributed by atoms with van der Waals surface area (Å²) >= 11 is 0. The van der Waals surface area contributed by atoms with E-state index in [4.69, 9.17) is 0 Å². The number of hydrogen-bond acceptors (Lipinski definition) is 3. The summed E-state index contributed by atoms with van der Waals surface area (Å²) < 4.78 is 14.8. The van der Waals surface area contributed by atoms with Gasteiger partial charge >= 0.3 is 0 Å². The van der Waals surface area contributed by atoms with Gasteiger partial charge in [0.05, 0.1) is 17.8 Å². The third kappa shape index (κ3) is 4.58. The molecule has 3 rings (SSSR count). The van der Waals surface area contributed by atoms with Crippen LogP contribution < -0.4 is 10.6 Å². The van der Waals surface area contributed by atoms with Crippen LogP contribution in [-0.4, -0.2) is 34.8 Å². The van der Waals surface area contributed by atoms with Crippen LogP contribution in [-0.2, 0) is 11.2 Å². The van der Waals surface area contributed by atoms with E-state index in [1.807, 2.05) is 13.8 Å². The molecule has 1 atom stereocenters. The summed E-state index contributed by atoms with van der Waals surface area (Å²) in [7, 11) is 0. The molecule has 1 aromatic carbocycles. The van der Waals surface area contributed by atoms with E-state index in [9.17, 15) is 9.18 Å². The quantitative estimate of drug-likeness (QED) is 0.854. The van der Waals surface area contributed by atoms with Gasteiger partial charge in [0.25, 0.3) is 0 Å². The third-order valence-electron chi connectivity index (χ3n) is 4.56. The Bertz CT molecular complexity index is 723. The predicted molar refractivity (Wildman–Crippen MR) is 98.0 cm³/mol. The van der Waals surface area contributed by atoms with Crippen molar-refractivity contribution in [3.63, 3.8) is 0 Å². The first-order valence-corrected chi connectivity index (χ1v) is 8.35. The molecule has 1 unspecified atom stereocenters. The van der Waals surface area contributed by atoms with Gasteiger partial charge < -0.3 is 10.6 Å². The topological polar surface area (TPSA) is 59.0 Å². The van der Waals surface area contributed by atoms with E-state index in [0.717, 1.165) is 35.6 Å². The lowest BCUT2D eigenvalue weighted by molar-refractivity contribution is -0.120. The Morgan fingerprint density at radius 2 is 2.08 bits per heavy atom. The van der Waals surface area contributed by atoms with Crippen molar-refractivity contribution < 1.29 is 9.18 Å². The second-order valence-corrected chi connectivity index (χ2v) is 6.31. The van der Waals surface area contributed by atoms with Gasteiger partial charge in [0.1, 0.15) is 5.82 Å². The summed E-state index contributed by atoms with van der Waals surface area (Å²) in [6, 6.07) is 6.58. The van der Waals surface area contributed by atoms with E-state index in [0.29, 0.717) is 19.0 Å². The Morgan fingerprint density at radius 3 is 2.72 bits per heavy atom. The van der Waals surface area contributed by atoms with Crippen LogP contribution in [0.3, 0.4) is 0 Å². The van der Waals surface area contributed by atoms with Crippen LogP contribution in [0.15, 0.2) is 24.3 Å². The van der Waals surface area contributed by atoms with E-state index in [1.54, 1.807) is 16.8 Å². The van der Waals surface area contributed by atoms with Gasteiger partial charge in [-0.3, -0.25) is 4.79 Å². The summed E-state index contributed by atoms with van der Waals surface area (Å²) in [6.07, 6.45) is 2.59. The zero-order chi connectivity index (χ0) is 17.1. The van der Waals surface area contributed by atoms with Crippen molar-refractivity contribution in [2.24, 2.45) is 0 Å². The first-order chi connectivity index (χ1) is 11.5. The molecule has 1 saturated heterocycles. The van der Waals surface area contributed by atoms with E-state index >= 15 is 0 Å². The van der Waals surface area contributed by atoms with Crippen LogP contribution in [0.4, 0.5) is 4.39 Å². The predicted octanol–water partition coefficient (Wildman–Crippen LogP) is 2.46. The van der Waals surface area contributed by atoms with Crippen LogP contribution in [0.25, 0.3) is 5.69 Å². The Morgan fingerprint density at radius 1 is 1.36 bits per heavy atom. The summed E-state index contributed by atoms with van der Waals surface area (Å²) in [6.45, 7) is 5.53. The molecular formula is C18H24ClFN4O. The average Bonchev–Trinajstić information content (AvgIpc) is 3.17. The highest BCUT2D eigenvalue weighted by atomic mass is 35.5. The fraction of sp³-hybridized carbons (Fsp3) is 0.444. The molecule has 2 aromatic rings. The van der Waals surface area contributed by atoms with Crippen LogP contribution in [0.1, 0.15) is 29.8 Å². The molecule has 1 amide bonds. The maximum atomic E-state index is 13.1. The second kappa shape index (κ2) is 8.45. The highest BCUT2D eigenvalue weighted by Gasteiger charge is 2.18. The van der Waals surface area contributed by atoms with Crippen molar-refractivity contribution in [2.75, 3.05) is 13.1 Å². The van der Waals surface area contributed by atoms with Crippen molar-refractivity contribution in [1.29, 1.82) is 0 Å². The van der Waals surface area contributed by atoms with Crippen LogP contribution in [0, 0.1) is 19.7 Å². The molecule has 0 aliphatic carbocycles. The van der Waals surface area contributed by atoms with E-state index in [-0.39, 0.29) is 24.1 Å². The Hall–Kier alpha value is -1.92. The van der Waals surface area contributed by atoms with Gasteiger partial charge in [0.15, 0.2) is 0 Å². The summed E-state index contributed by atoms with van der Waals surface area (Å²) in [5.41, 5.74) is 3.45. The SMILES string of the molecule is Cc1nn(-c2ccc(F)cc2)c(C)c1CC(=O)NCC1CCCN1.Cl. The van der Waals surface area contributed by atoms with E-state index in [1.165, 1.54) is 18.6 Å². The fourth-order valence-corrected chi connectivity index (χ4v) is 3.16. The fourth-order valence-electron chi connectivity index (χ4n) is 3.16. The molecule has 5 nitrogen and oxygen atoms in total. The third-order valence-corrected chi connectivity index (χ3v) is 4.56. The monoisotopic (exact) mass is 366 g/mol. The number of rotatable bonds is 5. The standard InChI is InChI=1S/C18H23FN4O.ClH/c1-12-17(10-18(24)21-11-15-4-3-9-20-15)13(2)23(22-12)16-7-5-14(19)6-8-16;/h5-8,15,20H,3-4,9-11H2,1-2H3,(H,21,24);1H. The average molecular weight is 367 g/mol. The Labute approximate surface area is 153 Å². The second-order valence-electron chi connectivity index (χ2n) is 6.31. The number of aromatic nitrogens is 2. The Kier molecular flexibility index (Phi) is 6.56. The molecule has 0 saturated carbocycles. The first-order valence-electron chi connectivity index (χ1n) is 8.35. The van der Waals surface area contributed by atoms with Crippen LogP contribution in [0.2, 0.25) is 0 Å². The zero-order valence-electron chi connectivity index (χ0n) is 14.5. The number of halogens is 2. The molecule has 1 fully saturated rings. The van der Waals surface area contributed by atoms with Gasteiger partial charge in [-0.25, -0.2) is 9.07 Å². The minimum absolute atomic E-state index is 0. The molecule has 25 heavy (non-hydrogen) atoms. The van der Waals surface area contributed by atoms with Gasteiger partial charge in [-0.1, -0.05) is 0 Å². The number of carbonyl (C=O) groups is 1. The first kappa shape index (κ1) is 19.4. The van der Waals surface area contributed by atoms with Crippen molar-refractivity contribution in [3.8, 4) is 5.69 Å². The Balaban J connectivity index is 0.00000225. The lowest BCUT2D eigenvalue weighted by Crippen LogP contribution is -2.37. The largest absolute Gasteiger partial charge is 0.354 e. The highest BCUT2D eigenvalue weighted by molar-refractivity contribution is 5.85. The molecule has 7 heteroatoms. The number of aryl methyl sites for hydroxylation is 1. The summed E-state index contributed by atoms with van der Waals surface area (Å²) in [4.78, 5) is 12.2. The number of carbonyl (C=O) groups excluding carboxylic acids is 1. The van der Waals surface area contributed by atoms with E-state index in [2.05, 4.69) is 15.7 Å². The molecule has 1 aliphatic heterocycles. The summed E-state index contributed by atoms with van der Waals surface area (Å²) in [5, 5.41) is 10.9. The molecule has 2 heterocycles. The number of nitrogens with zero attached hydrogens (tertiary/aromatic N) is 2. The van der Waals surface area contributed by atoms with Gasteiger partial charge in [-0.2, -0.15) is 5.10 Å². The van der Waals surface area contributed by atoms with Crippen molar-refractivity contribution in [3.05, 3.63) is 47.0 Å². The molecule has 1 aromatic heterocycles. The minimum Gasteiger partial charge on any atom is -0.354 e. The molecule has 136 valence electrons. The lowest BCUT2D eigenvalue weighted by Gasteiger charge is -2.11. The molecule has 0 bridgehead atoms. The van der Waals surface area contributed by atoms with Crippen LogP contribution >= 0.6 is 12.4 Å². The minimum atomic E-state index is -0.277. The highest BCUT2D eigenvalue weighted by Crippen LogP contribution is 2.19. The van der Waals surface area contributed by atoms with Crippen molar-refractivity contribution >= 4 is 18.3 Å². The van der Waals surface area contributed by atoms with Gasteiger partial charge in [0.2, 0.25) is 5.91 Å². The molecule has 0 spiro atoms. The van der Waals surface area contributed by atoms with Gasteiger partial charge in [0, 0.05) is 23.8 Å². The normalized spacial score (nSPS) is 16.5. The van der Waals surface area contributed by atoms with Gasteiger partial charge in [-0.15, -0.1) is 12.4 Å². The number of nitrogens with one attached hydrogen (secondary N) is 2. The smallest absolute Gasteiger partial charge is 0.224 e. The maximum absolute atomic E-state index is 13.1. The molecular weight excluding hydrogens is 343 g/mol. The molecule has 2 N–H and O–H groups in total. The summed E-state index contributed by atoms with van der Waals surface area (Å²) in [5.74, 6) is -0.269. The molecule has 1 aliphatic rings. The van der Waals surface area contributed by atoms with Crippen LogP contribution in [0.5, 0.6) is 0 Å². The maximum Gasteiger partial charge on any atom is 0.224 e.